The van der Waals surface area contributed by atoms with Gasteiger partial charge in [0, 0.05) is 44.7 Å². The summed E-state index contributed by atoms with van der Waals surface area (Å²) < 4.78 is 5.65. The summed E-state index contributed by atoms with van der Waals surface area (Å²) in [6.07, 6.45) is 0.667. The Morgan fingerprint density at radius 2 is 1.64 bits per heavy atom. The van der Waals surface area contributed by atoms with Crippen LogP contribution in [0, 0.1) is 6.92 Å². The van der Waals surface area contributed by atoms with Crippen LogP contribution < -0.4 is 4.74 Å². The summed E-state index contributed by atoms with van der Waals surface area (Å²) >= 11 is 0. The molecule has 0 radical (unpaired) electrons. The number of carbonyl (C=O) groups excluding carboxylic acids is 1. The Labute approximate surface area is 213 Å². The van der Waals surface area contributed by atoms with Gasteiger partial charge in [0.05, 0.1) is 25.4 Å². The maximum absolute atomic E-state index is 13.6. The largest absolute Gasteiger partial charge is 0.496 e. The van der Waals surface area contributed by atoms with E-state index in [0.717, 1.165) is 55.3 Å². The maximum Gasteiger partial charge on any atom is 0.257 e. The highest BCUT2D eigenvalue weighted by Gasteiger charge is 2.35. The van der Waals surface area contributed by atoms with Crippen LogP contribution in [-0.2, 0) is 11.3 Å². The second-order valence-corrected chi connectivity index (χ2v) is 9.65. The third-order valence-electron chi connectivity index (χ3n) is 7.09. The zero-order valence-corrected chi connectivity index (χ0v) is 21.1. The Balaban J connectivity index is 1.30. The predicted molar refractivity (Wildman–Crippen MR) is 143 cm³/mol. The second-order valence-electron chi connectivity index (χ2n) is 9.65. The van der Waals surface area contributed by atoms with Crippen LogP contribution in [0.1, 0.15) is 34.7 Å². The van der Waals surface area contributed by atoms with E-state index in [1.54, 1.807) is 12.1 Å². The molecule has 1 amide bonds. The number of piperazine rings is 1. The van der Waals surface area contributed by atoms with E-state index in [1.165, 1.54) is 11.1 Å². The number of hydrogen-bond acceptors (Lipinski definition) is 5. The summed E-state index contributed by atoms with van der Waals surface area (Å²) in [5.41, 5.74) is 5.52. The van der Waals surface area contributed by atoms with Crippen LogP contribution in [0.2, 0.25) is 0 Å². The molecule has 3 aromatic carbocycles. The number of hydrazone groups is 1. The van der Waals surface area contributed by atoms with Crippen LogP contribution in [-0.4, -0.2) is 66.3 Å². The van der Waals surface area contributed by atoms with E-state index in [2.05, 4.69) is 65.3 Å². The van der Waals surface area contributed by atoms with E-state index < -0.39 is 0 Å². The molecule has 0 aliphatic carbocycles. The van der Waals surface area contributed by atoms with Crippen molar-refractivity contribution in [2.75, 3.05) is 39.8 Å². The monoisotopic (exact) mass is 482 g/mol. The number of nitrogens with zero attached hydrogens (tertiary/aromatic N) is 4. The molecule has 1 unspecified atom stereocenters. The lowest BCUT2D eigenvalue weighted by molar-refractivity contribution is -0.134. The summed E-state index contributed by atoms with van der Waals surface area (Å²) in [5, 5.41) is 6.58. The number of carbonyl (C=O) groups is 1. The van der Waals surface area contributed by atoms with Gasteiger partial charge in [0.1, 0.15) is 5.75 Å². The lowest BCUT2D eigenvalue weighted by Gasteiger charge is -2.35. The highest BCUT2D eigenvalue weighted by Crippen LogP contribution is 2.37. The molecule has 0 N–H and O–H groups in total. The maximum atomic E-state index is 13.6. The summed E-state index contributed by atoms with van der Waals surface area (Å²) in [4.78, 5) is 18.3. The van der Waals surface area contributed by atoms with Crippen molar-refractivity contribution in [2.24, 2.45) is 5.10 Å². The van der Waals surface area contributed by atoms with Crippen LogP contribution in [0.15, 0.2) is 84.0 Å². The molecule has 5 rings (SSSR count). The highest BCUT2D eigenvalue weighted by molar-refractivity contribution is 6.03. The SMILES string of the molecule is COc1ccccc1C1CC(c2cccc(C)c2)=NN1C(=O)CN1CCN(Cc2ccccc2)CC1. The van der Waals surface area contributed by atoms with Crippen molar-refractivity contribution in [3.05, 3.63) is 101 Å². The number of methoxy groups -OCH3 is 1. The Morgan fingerprint density at radius 3 is 2.39 bits per heavy atom. The zero-order chi connectivity index (χ0) is 24.9. The van der Waals surface area contributed by atoms with Crippen LogP contribution in [0.5, 0.6) is 5.75 Å². The summed E-state index contributed by atoms with van der Waals surface area (Å²) in [7, 11) is 1.68. The van der Waals surface area contributed by atoms with E-state index in [0.29, 0.717) is 13.0 Å². The fourth-order valence-electron chi connectivity index (χ4n) is 5.13. The van der Waals surface area contributed by atoms with Gasteiger partial charge in [-0.2, -0.15) is 5.10 Å². The molecule has 6 nitrogen and oxygen atoms in total. The summed E-state index contributed by atoms with van der Waals surface area (Å²) in [5.74, 6) is 0.820. The molecule has 0 aromatic heterocycles. The standard InChI is InChI=1S/C30H34N4O2/c1-23-9-8-12-25(19-23)27-20-28(26-13-6-7-14-29(26)36-2)34(31-27)30(35)22-33-17-15-32(16-18-33)21-24-10-4-3-5-11-24/h3-14,19,28H,15-18,20-22H2,1-2H3. The lowest BCUT2D eigenvalue weighted by atomic mass is 9.97. The lowest BCUT2D eigenvalue weighted by Crippen LogP contribution is -2.49. The highest BCUT2D eigenvalue weighted by atomic mass is 16.5. The first-order chi connectivity index (χ1) is 17.6. The molecule has 1 saturated heterocycles. The minimum Gasteiger partial charge on any atom is -0.496 e. The molecular weight excluding hydrogens is 448 g/mol. The van der Waals surface area contributed by atoms with E-state index in [1.807, 2.05) is 30.3 Å². The molecule has 186 valence electrons. The van der Waals surface area contributed by atoms with E-state index in [4.69, 9.17) is 9.84 Å². The predicted octanol–water partition coefficient (Wildman–Crippen LogP) is 4.50. The van der Waals surface area contributed by atoms with Gasteiger partial charge in [0.25, 0.3) is 5.91 Å². The van der Waals surface area contributed by atoms with Crippen molar-refractivity contribution in [2.45, 2.75) is 25.9 Å². The van der Waals surface area contributed by atoms with Gasteiger partial charge in [0.2, 0.25) is 0 Å². The molecule has 1 atom stereocenters. The molecule has 36 heavy (non-hydrogen) atoms. The molecular formula is C30H34N4O2. The Kier molecular flexibility index (Phi) is 7.44. The van der Waals surface area contributed by atoms with Crippen LogP contribution in [0.3, 0.4) is 0 Å². The number of rotatable bonds is 7. The van der Waals surface area contributed by atoms with Gasteiger partial charge < -0.3 is 4.74 Å². The Bertz CT molecular complexity index is 1220. The molecule has 2 aliphatic rings. The third-order valence-corrected chi connectivity index (χ3v) is 7.09. The average Bonchev–Trinajstić information content (AvgIpc) is 3.36. The van der Waals surface area contributed by atoms with Crippen LogP contribution >= 0.6 is 0 Å². The molecule has 2 heterocycles. The fourth-order valence-corrected chi connectivity index (χ4v) is 5.13. The first-order valence-electron chi connectivity index (χ1n) is 12.7. The number of ether oxygens (including phenoxy) is 1. The summed E-state index contributed by atoms with van der Waals surface area (Å²) in [6, 6.07) is 26.7. The van der Waals surface area contributed by atoms with Crippen molar-refractivity contribution >= 4 is 11.6 Å². The second kappa shape index (κ2) is 11.1. The first kappa shape index (κ1) is 24.2. The number of para-hydroxylation sites is 1. The molecule has 1 fully saturated rings. The van der Waals surface area contributed by atoms with Gasteiger partial charge in [-0.3, -0.25) is 14.6 Å². The first-order valence-corrected chi connectivity index (χ1v) is 12.7. The molecule has 3 aromatic rings. The zero-order valence-electron chi connectivity index (χ0n) is 21.1. The normalized spacial score (nSPS) is 18.8. The number of hydrogen-bond donors (Lipinski definition) is 0. The van der Waals surface area contributed by atoms with Gasteiger partial charge in [0.15, 0.2) is 0 Å². The Morgan fingerprint density at radius 1 is 0.917 bits per heavy atom. The van der Waals surface area contributed by atoms with Crippen molar-refractivity contribution in [1.82, 2.24) is 14.8 Å². The molecule has 0 spiro atoms. The smallest absolute Gasteiger partial charge is 0.257 e. The van der Waals surface area contributed by atoms with Crippen molar-refractivity contribution in [1.29, 1.82) is 0 Å². The van der Waals surface area contributed by atoms with Crippen molar-refractivity contribution < 1.29 is 9.53 Å². The molecule has 0 saturated carbocycles. The van der Waals surface area contributed by atoms with Crippen molar-refractivity contribution in [3.63, 3.8) is 0 Å². The van der Waals surface area contributed by atoms with E-state index in [9.17, 15) is 4.79 Å². The number of aryl methyl sites for hydroxylation is 1. The number of benzene rings is 3. The summed E-state index contributed by atoms with van der Waals surface area (Å²) in [6.45, 7) is 7.06. The van der Waals surface area contributed by atoms with Crippen LogP contribution in [0.25, 0.3) is 0 Å². The topological polar surface area (TPSA) is 48.4 Å². The van der Waals surface area contributed by atoms with Gasteiger partial charge >= 0.3 is 0 Å². The molecule has 2 aliphatic heterocycles. The minimum atomic E-state index is -0.177. The fraction of sp³-hybridized carbons (Fsp3) is 0.333. The molecule has 0 bridgehead atoms. The quantitative estimate of drug-likeness (QED) is 0.498. The van der Waals surface area contributed by atoms with Gasteiger partial charge in [-0.1, -0.05) is 78.4 Å². The third kappa shape index (κ3) is 5.50. The van der Waals surface area contributed by atoms with Gasteiger partial charge in [-0.25, -0.2) is 5.01 Å². The van der Waals surface area contributed by atoms with Crippen molar-refractivity contribution in [3.8, 4) is 5.75 Å². The van der Waals surface area contributed by atoms with Crippen LogP contribution in [0.4, 0.5) is 0 Å². The minimum absolute atomic E-state index is 0.0325. The molecule has 6 heteroatoms. The van der Waals surface area contributed by atoms with Gasteiger partial charge in [-0.05, 0) is 24.1 Å². The average molecular weight is 483 g/mol. The number of amides is 1. The van der Waals surface area contributed by atoms with Gasteiger partial charge in [-0.15, -0.1) is 0 Å². The van der Waals surface area contributed by atoms with E-state index >= 15 is 0 Å². The van der Waals surface area contributed by atoms with E-state index in [-0.39, 0.29) is 11.9 Å². The Hall–Kier alpha value is -3.48.